The molecule has 0 spiro atoms. The molecule has 0 atom stereocenters. The fourth-order valence-corrected chi connectivity index (χ4v) is 2.45. The van der Waals surface area contributed by atoms with Crippen molar-refractivity contribution in [3.8, 4) is 0 Å². The van der Waals surface area contributed by atoms with Crippen LogP contribution in [0.3, 0.4) is 0 Å². The van der Waals surface area contributed by atoms with Crippen molar-refractivity contribution < 1.29 is 18.4 Å². The third-order valence-corrected chi connectivity index (χ3v) is 3.99. The first-order valence-electron chi connectivity index (χ1n) is 8.59. The van der Waals surface area contributed by atoms with Crippen LogP contribution in [-0.2, 0) is 22.0 Å². The van der Waals surface area contributed by atoms with Crippen molar-refractivity contribution in [3.05, 3.63) is 58.7 Å². The number of hydrogen-bond donors (Lipinski definition) is 5. The van der Waals surface area contributed by atoms with Crippen molar-refractivity contribution in [1.82, 2.24) is 15.8 Å². The number of carbonyl (C=O) groups is 1. The fraction of sp³-hybridized carbons (Fsp3) is 0.278. The van der Waals surface area contributed by atoms with E-state index >= 15 is 0 Å². The molecule has 1 heterocycles. The molecule has 2 aromatic rings. The highest BCUT2D eigenvalue weighted by atomic mass is 35.5. The highest BCUT2D eigenvalue weighted by Gasteiger charge is 2.31. The lowest BCUT2D eigenvalue weighted by molar-refractivity contribution is -0.120. The highest BCUT2D eigenvalue weighted by molar-refractivity contribution is 6.31. The summed E-state index contributed by atoms with van der Waals surface area (Å²) in [5.74, 6) is -3.64. The van der Waals surface area contributed by atoms with Crippen molar-refractivity contribution in [3.63, 3.8) is 0 Å². The number of benzene rings is 1. The van der Waals surface area contributed by atoms with Gasteiger partial charge in [0.25, 0.3) is 5.92 Å². The smallest absolute Gasteiger partial charge is 0.290 e. The number of nitrogens with one attached hydrogen (secondary N) is 4. The van der Waals surface area contributed by atoms with Crippen LogP contribution in [0.5, 0.6) is 0 Å². The topological polar surface area (TPSA) is 125 Å². The first kappa shape index (κ1) is 22.3. The number of halogens is 3. The van der Waals surface area contributed by atoms with Gasteiger partial charge in [-0.25, -0.2) is 10.5 Å². The molecular formula is C18H21ClF2N6O2. The van der Waals surface area contributed by atoms with E-state index in [1.165, 1.54) is 24.3 Å². The van der Waals surface area contributed by atoms with Gasteiger partial charge in [-0.05, 0) is 12.1 Å². The van der Waals surface area contributed by atoms with Gasteiger partial charge in [-0.2, -0.15) is 8.78 Å². The number of guanidine groups is 1. The van der Waals surface area contributed by atoms with E-state index in [0.717, 1.165) is 0 Å². The maximum Gasteiger partial charge on any atom is 0.290 e. The molecule has 1 amide bonds. The van der Waals surface area contributed by atoms with E-state index in [4.69, 9.17) is 27.6 Å². The fourth-order valence-electron chi connectivity index (χ4n) is 2.28. The molecule has 0 saturated heterocycles. The first-order valence-corrected chi connectivity index (χ1v) is 8.97. The summed E-state index contributed by atoms with van der Waals surface area (Å²) < 4.78 is 28.5. The lowest BCUT2D eigenvalue weighted by atomic mass is 10.1. The second kappa shape index (κ2) is 10.5. The summed E-state index contributed by atoms with van der Waals surface area (Å²) in [7, 11) is 0. The summed E-state index contributed by atoms with van der Waals surface area (Å²) in [6.07, 6.45) is -0.135. The number of carbonyl (C=O) groups excluding carboxylic acids is 1. The molecule has 0 fully saturated rings. The van der Waals surface area contributed by atoms with Crippen LogP contribution in [0.2, 0.25) is 5.02 Å². The Balaban J connectivity index is 1.89. The largest absolute Gasteiger partial charge is 0.368 e. The van der Waals surface area contributed by atoms with Gasteiger partial charge in [-0.3, -0.25) is 15.0 Å². The number of aromatic nitrogens is 1. The molecule has 0 saturated carbocycles. The molecule has 0 aliphatic heterocycles. The number of alkyl halides is 2. The van der Waals surface area contributed by atoms with Gasteiger partial charge < -0.3 is 16.4 Å². The predicted octanol–water partition coefficient (Wildman–Crippen LogP) is 2.01. The standard InChI is InChI=1S/C18H21ClF2N6O2/c19-13-6-7-15(25-11-18(20,21)12-4-2-1-3-5-12)26-14(13)10-16(28)24-8-9-29-27-17(22)23/h1-7H,8-11H2,(H,24,28)(H,25,26)(H4,22,23,27). The molecule has 11 heteroatoms. The first-order chi connectivity index (χ1) is 13.8. The van der Waals surface area contributed by atoms with Gasteiger partial charge in [0.15, 0.2) is 0 Å². The Morgan fingerprint density at radius 3 is 2.66 bits per heavy atom. The van der Waals surface area contributed by atoms with Crippen molar-refractivity contribution >= 4 is 29.3 Å². The monoisotopic (exact) mass is 426 g/mol. The molecule has 1 aromatic carbocycles. The number of nitrogens with zero attached hydrogens (tertiary/aromatic N) is 1. The minimum atomic E-state index is -3.09. The van der Waals surface area contributed by atoms with Crippen molar-refractivity contribution in [1.29, 1.82) is 5.41 Å². The molecule has 0 aliphatic carbocycles. The summed E-state index contributed by atoms with van der Waals surface area (Å²) in [6, 6.07) is 10.4. The normalized spacial score (nSPS) is 11.0. The molecule has 2 rings (SSSR count). The summed E-state index contributed by atoms with van der Waals surface area (Å²) in [4.78, 5) is 20.9. The molecule has 0 bridgehead atoms. The number of hydrogen-bond acceptors (Lipinski definition) is 5. The number of rotatable bonds is 10. The van der Waals surface area contributed by atoms with Crippen LogP contribution in [0.1, 0.15) is 11.3 Å². The zero-order valence-electron chi connectivity index (χ0n) is 15.3. The van der Waals surface area contributed by atoms with Crippen LogP contribution >= 0.6 is 11.6 Å². The molecular weight excluding hydrogens is 406 g/mol. The van der Waals surface area contributed by atoms with Crippen LogP contribution in [-0.4, -0.2) is 36.5 Å². The number of pyridine rings is 1. The van der Waals surface area contributed by atoms with Gasteiger partial charge in [0, 0.05) is 12.1 Å². The van der Waals surface area contributed by atoms with Gasteiger partial charge in [0.1, 0.15) is 5.82 Å². The minimum Gasteiger partial charge on any atom is -0.368 e. The van der Waals surface area contributed by atoms with Crippen molar-refractivity contribution in [2.75, 3.05) is 25.0 Å². The summed E-state index contributed by atoms with van der Waals surface area (Å²) in [5, 5.41) is 12.3. The second-order valence-corrected chi connectivity index (χ2v) is 6.35. The molecule has 8 nitrogen and oxygen atoms in total. The van der Waals surface area contributed by atoms with Gasteiger partial charge >= 0.3 is 0 Å². The lowest BCUT2D eigenvalue weighted by Crippen LogP contribution is -2.35. The number of hydroxylamine groups is 1. The molecule has 0 unspecified atom stereocenters. The van der Waals surface area contributed by atoms with E-state index in [9.17, 15) is 13.6 Å². The number of amides is 1. The minimum absolute atomic E-state index is 0.0860. The molecule has 0 radical (unpaired) electrons. The predicted molar refractivity (Wildman–Crippen MR) is 106 cm³/mol. The maximum atomic E-state index is 14.3. The molecule has 156 valence electrons. The third kappa shape index (κ3) is 7.51. The summed E-state index contributed by atoms with van der Waals surface area (Å²) in [5.41, 5.74) is 7.31. The van der Waals surface area contributed by atoms with Gasteiger partial charge in [-0.15, -0.1) is 0 Å². The summed E-state index contributed by atoms with van der Waals surface area (Å²) >= 11 is 6.05. The number of anilines is 1. The van der Waals surface area contributed by atoms with E-state index in [0.29, 0.717) is 0 Å². The Morgan fingerprint density at radius 2 is 1.97 bits per heavy atom. The van der Waals surface area contributed by atoms with E-state index in [2.05, 4.69) is 21.1 Å². The van der Waals surface area contributed by atoms with Gasteiger partial charge in [-0.1, -0.05) is 41.9 Å². The molecule has 0 aliphatic rings. The van der Waals surface area contributed by atoms with E-state index < -0.39 is 12.5 Å². The van der Waals surface area contributed by atoms with Crippen LogP contribution in [0.4, 0.5) is 14.6 Å². The molecule has 6 N–H and O–H groups in total. The van der Waals surface area contributed by atoms with Crippen LogP contribution in [0, 0.1) is 5.41 Å². The van der Waals surface area contributed by atoms with E-state index in [-0.39, 0.29) is 53.5 Å². The Labute approximate surface area is 171 Å². The van der Waals surface area contributed by atoms with Crippen molar-refractivity contribution in [2.45, 2.75) is 12.3 Å². The average molecular weight is 427 g/mol. The summed E-state index contributed by atoms with van der Waals surface area (Å²) in [6.45, 7) is -0.404. The Hall–Kier alpha value is -2.98. The molecule has 29 heavy (non-hydrogen) atoms. The quantitative estimate of drug-likeness (QED) is 0.171. The average Bonchev–Trinajstić information content (AvgIpc) is 2.69. The van der Waals surface area contributed by atoms with E-state index in [1.54, 1.807) is 18.2 Å². The SMILES string of the molecule is N=C(N)NOCCNC(=O)Cc1nc(NCC(F)(F)c2ccccc2)ccc1Cl. The lowest BCUT2D eigenvalue weighted by Gasteiger charge is -2.18. The Bertz CT molecular complexity index is 838. The maximum absolute atomic E-state index is 14.3. The van der Waals surface area contributed by atoms with Crippen LogP contribution in [0.25, 0.3) is 0 Å². The van der Waals surface area contributed by atoms with Crippen LogP contribution in [0.15, 0.2) is 42.5 Å². The third-order valence-electron chi connectivity index (χ3n) is 3.64. The second-order valence-electron chi connectivity index (χ2n) is 5.94. The number of nitrogens with two attached hydrogens (primary N) is 1. The Kier molecular flexibility index (Phi) is 8.10. The van der Waals surface area contributed by atoms with Crippen molar-refractivity contribution in [2.24, 2.45) is 5.73 Å². The highest BCUT2D eigenvalue weighted by Crippen LogP contribution is 2.28. The van der Waals surface area contributed by atoms with Gasteiger partial charge in [0.05, 0.1) is 30.3 Å². The van der Waals surface area contributed by atoms with E-state index in [1.807, 2.05) is 0 Å². The zero-order chi connectivity index (χ0) is 21.3. The Morgan fingerprint density at radius 1 is 1.24 bits per heavy atom. The van der Waals surface area contributed by atoms with Crippen LogP contribution < -0.4 is 21.8 Å². The molecule has 1 aromatic heterocycles. The zero-order valence-corrected chi connectivity index (χ0v) is 16.1. The van der Waals surface area contributed by atoms with Gasteiger partial charge in [0.2, 0.25) is 11.9 Å².